The molecule has 0 saturated heterocycles. The van der Waals surface area contributed by atoms with Gasteiger partial charge in [0.15, 0.2) is 0 Å². The molecule has 8 nitrogen and oxygen atoms in total. The van der Waals surface area contributed by atoms with Crippen LogP contribution in [0.15, 0.2) is 146 Å². The first-order chi connectivity index (χ1) is 25.2. The van der Waals surface area contributed by atoms with Gasteiger partial charge in [0.1, 0.15) is 11.6 Å². The minimum absolute atomic E-state index is 0.223. The van der Waals surface area contributed by atoms with Crippen molar-refractivity contribution in [2.45, 2.75) is 13.1 Å². The second-order valence-corrected chi connectivity index (χ2v) is 11.7. The molecule has 0 bridgehead atoms. The zero-order valence-electron chi connectivity index (χ0n) is 27.4. The van der Waals surface area contributed by atoms with Crippen LogP contribution in [0, 0.1) is 12.3 Å². The summed E-state index contributed by atoms with van der Waals surface area (Å²) in [6.45, 7) is 1.12. The van der Waals surface area contributed by atoms with Gasteiger partial charge in [0.2, 0.25) is 11.1 Å². The number of nitrogens with zero attached hydrogens (tertiary/aromatic N) is 6. The van der Waals surface area contributed by atoms with Crippen molar-refractivity contribution in [1.82, 2.24) is 29.9 Å². The predicted molar refractivity (Wildman–Crippen MR) is 206 cm³/mol. The van der Waals surface area contributed by atoms with E-state index >= 15 is 0 Å². The Labute approximate surface area is 300 Å². The van der Waals surface area contributed by atoms with Crippen molar-refractivity contribution in [3.8, 4) is 34.6 Å². The zero-order valence-corrected chi connectivity index (χ0v) is 28.2. The van der Waals surface area contributed by atoms with Gasteiger partial charge < -0.3 is 10.6 Å². The summed E-state index contributed by atoms with van der Waals surface area (Å²) >= 11 is 6.13. The number of fused-ring (bicyclic) bond motifs is 2. The molecule has 51 heavy (non-hydrogen) atoms. The van der Waals surface area contributed by atoms with Crippen LogP contribution < -0.4 is 10.6 Å². The largest absolute Gasteiger partial charge is 0.364 e. The molecule has 0 fully saturated rings. The van der Waals surface area contributed by atoms with Crippen molar-refractivity contribution >= 4 is 45.0 Å². The molecule has 0 unspecified atom stereocenters. The molecule has 0 spiro atoms. The summed E-state index contributed by atoms with van der Waals surface area (Å²) in [7, 11) is 0. The second kappa shape index (κ2) is 15.7. The molecule has 0 radical (unpaired) electrons. The van der Waals surface area contributed by atoms with E-state index in [2.05, 4.69) is 82.9 Å². The van der Waals surface area contributed by atoms with E-state index in [4.69, 9.17) is 18.0 Å². The van der Waals surface area contributed by atoms with Crippen molar-refractivity contribution in [3.05, 3.63) is 168 Å². The van der Waals surface area contributed by atoms with E-state index in [0.29, 0.717) is 30.5 Å². The van der Waals surface area contributed by atoms with Gasteiger partial charge in [-0.15, -0.1) is 6.42 Å². The summed E-state index contributed by atoms with van der Waals surface area (Å²) < 4.78 is 0. The number of pyridine rings is 2. The molecule has 0 aliphatic heterocycles. The molecule has 9 heteroatoms. The van der Waals surface area contributed by atoms with Crippen LogP contribution in [0.1, 0.15) is 17.2 Å². The molecule has 0 aliphatic rings. The maximum Gasteiger partial charge on any atom is 0.224 e. The van der Waals surface area contributed by atoms with Crippen molar-refractivity contribution in [2.24, 2.45) is 0 Å². The number of nitrogens with one attached hydrogen (secondary N) is 2. The van der Waals surface area contributed by atoms with Crippen molar-refractivity contribution < 1.29 is 0 Å². The van der Waals surface area contributed by atoms with Crippen LogP contribution in [0.5, 0.6) is 0 Å². The van der Waals surface area contributed by atoms with Gasteiger partial charge in [-0.05, 0) is 76.2 Å². The van der Waals surface area contributed by atoms with Crippen LogP contribution in [-0.4, -0.2) is 29.9 Å². The SMILES string of the molecule is C#Cc1nc(NCc2ccccn2)c2c(-c3ccccc3)cccc2n1.Clc1nc(NCc2ccccn2)c2c(-c3ccccc3)cccc2n1. The highest BCUT2D eigenvalue weighted by Crippen LogP contribution is 2.34. The Balaban J connectivity index is 0.000000159. The van der Waals surface area contributed by atoms with Gasteiger partial charge in [0.25, 0.3) is 0 Å². The molecule has 8 aromatic rings. The van der Waals surface area contributed by atoms with Gasteiger partial charge in [-0.25, -0.2) is 19.9 Å². The van der Waals surface area contributed by atoms with Gasteiger partial charge in [-0.1, -0.05) is 97.1 Å². The third-order valence-corrected chi connectivity index (χ3v) is 8.21. The molecule has 4 aromatic carbocycles. The van der Waals surface area contributed by atoms with E-state index in [0.717, 1.165) is 55.4 Å². The van der Waals surface area contributed by atoms with Crippen molar-refractivity contribution in [2.75, 3.05) is 10.6 Å². The van der Waals surface area contributed by atoms with E-state index in [1.165, 1.54) is 0 Å². The average molecular weight is 683 g/mol. The Morgan fingerprint density at radius 3 is 1.49 bits per heavy atom. The number of hydrogen-bond acceptors (Lipinski definition) is 8. The molecule has 2 N–H and O–H groups in total. The van der Waals surface area contributed by atoms with Crippen molar-refractivity contribution in [3.63, 3.8) is 0 Å². The number of halogens is 1. The maximum atomic E-state index is 6.13. The third-order valence-electron chi connectivity index (χ3n) is 8.04. The van der Waals surface area contributed by atoms with Gasteiger partial charge in [-0.3, -0.25) is 9.97 Å². The molecule has 0 atom stereocenters. The fourth-order valence-electron chi connectivity index (χ4n) is 5.73. The Bertz CT molecular complexity index is 2440. The molecule has 4 heterocycles. The molecule has 0 amide bonds. The number of benzene rings is 4. The number of terminal acetylenes is 1. The first kappa shape index (κ1) is 32.8. The van der Waals surface area contributed by atoms with Crippen LogP contribution in [0.4, 0.5) is 11.6 Å². The van der Waals surface area contributed by atoms with Gasteiger partial charge in [-0.2, -0.15) is 0 Å². The molecule has 246 valence electrons. The normalized spacial score (nSPS) is 10.6. The summed E-state index contributed by atoms with van der Waals surface area (Å²) in [6.07, 6.45) is 9.10. The summed E-state index contributed by atoms with van der Waals surface area (Å²) in [5.74, 6) is 4.33. The van der Waals surface area contributed by atoms with Crippen LogP contribution >= 0.6 is 11.6 Å². The van der Waals surface area contributed by atoms with Gasteiger partial charge in [0, 0.05) is 12.4 Å². The lowest BCUT2D eigenvalue weighted by Gasteiger charge is -2.13. The Morgan fingerprint density at radius 2 is 1.00 bits per heavy atom. The fourth-order valence-corrected chi connectivity index (χ4v) is 5.90. The average Bonchev–Trinajstić information content (AvgIpc) is 3.20. The fraction of sp³-hybridized carbons (Fsp3) is 0.0476. The minimum Gasteiger partial charge on any atom is -0.364 e. The van der Waals surface area contributed by atoms with Crippen LogP contribution in [0.2, 0.25) is 5.28 Å². The monoisotopic (exact) mass is 682 g/mol. The smallest absolute Gasteiger partial charge is 0.224 e. The summed E-state index contributed by atoms with van der Waals surface area (Å²) in [5, 5.41) is 8.87. The van der Waals surface area contributed by atoms with Crippen LogP contribution in [-0.2, 0) is 13.1 Å². The minimum atomic E-state index is 0.223. The molecular weight excluding hydrogens is 652 g/mol. The quantitative estimate of drug-likeness (QED) is 0.121. The zero-order chi connectivity index (χ0) is 34.8. The number of rotatable bonds is 8. The molecule has 0 saturated carbocycles. The first-order valence-corrected chi connectivity index (χ1v) is 16.7. The third kappa shape index (κ3) is 7.81. The van der Waals surface area contributed by atoms with E-state index in [1.54, 1.807) is 12.4 Å². The van der Waals surface area contributed by atoms with Gasteiger partial charge in [0.05, 0.1) is 46.3 Å². The molecule has 8 rings (SSSR count). The lowest BCUT2D eigenvalue weighted by Crippen LogP contribution is -2.06. The molecule has 4 aromatic heterocycles. The highest BCUT2D eigenvalue weighted by molar-refractivity contribution is 6.29. The first-order valence-electron chi connectivity index (χ1n) is 16.3. The predicted octanol–water partition coefficient (Wildman–Crippen LogP) is 9.24. The second-order valence-electron chi connectivity index (χ2n) is 11.4. The van der Waals surface area contributed by atoms with E-state index < -0.39 is 0 Å². The Kier molecular flexibility index (Phi) is 10.1. The van der Waals surface area contributed by atoms with Gasteiger partial charge >= 0.3 is 0 Å². The Hall–Kier alpha value is -6.69. The lowest BCUT2D eigenvalue weighted by molar-refractivity contribution is 1.02. The standard InChI is InChI=1S/C22H16N4.C20H15ClN4/c1-2-20-25-19-13-8-12-18(16-9-4-3-5-10-16)21(19)22(26-20)24-15-17-11-6-7-14-23-17;21-20-24-17-11-6-10-16(14-7-2-1-3-8-14)18(17)19(25-20)23-13-15-9-4-5-12-22-15/h1,3-14H,15H2,(H,24,25,26);1-12H,13H2,(H,23,24,25). The lowest BCUT2D eigenvalue weighted by atomic mass is 10.0. The van der Waals surface area contributed by atoms with Crippen LogP contribution in [0.25, 0.3) is 44.1 Å². The maximum absolute atomic E-state index is 6.13. The number of aromatic nitrogens is 6. The topological polar surface area (TPSA) is 101 Å². The highest BCUT2D eigenvalue weighted by atomic mass is 35.5. The molecule has 0 aliphatic carbocycles. The summed E-state index contributed by atoms with van der Waals surface area (Å²) in [6, 6.07) is 44.1. The number of hydrogen-bond donors (Lipinski definition) is 2. The van der Waals surface area contributed by atoms with Crippen molar-refractivity contribution in [1.29, 1.82) is 0 Å². The summed E-state index contributed by atoms with van der Waals surface area (Å²) in [4.78, 5) is 26.5. The van der Waals surface area contributed by atoms with Crippen LogP contribution in [0.3, 0.4) is 0 Å². The molecular formula is C42H31ClN8. The Morgan fingerprint density at radius 1 is 0.510 bits per heavy atom. The van der Waals surface area contributed by atoms with E-state index in [-0.39, 0.29) is 5.28 Å². The van der Waals surface area contributed by atoms with E-state index in [1.807, 2.05) is 97.1 Å². The number of anilines is 2. The highest BCUT2D eigenvalue weighted by Gasteiger charge is 2.14. The van der Waals surface area contributed by atoms with E-state index in [9.17, 15) is 0 Å². The summed E-state index contributed by atoms with van der Waals surface area (Å²) in [5.41, 5.74) is 7.84.